The third-order valence-corrected chi connectivity index (χ3v) is 4.18. The third-order valence-electron chi connectivity index (χ3n) is 4.18. The lowest BCUT2D eigenvalue weighted by atomic mass is 9.86. The number of aromatic nitrogens is 2. The number of anilines is 4. The van der Waals surface area contributed by atoms with Gasteiger partial charge in [0.1, 0.15) is 23.2 Å². The maximum atomic E-state index is 5.28. The molecular formula is C22H26N4O. The van der Waals surface area contributed by atoms with E-state index in [1.807, 2.05) is 43.3 Å². The Labute approximate surface area is 160 Å². The summed E-state index contributed by atoms with van der Waals surface area (Å²) in [5.74, 6) is 2.97. The summed E-state index contributed by atoms with van der Waals surface area (Å²) in [5, 5.41) is 6.77. The van der Waals surface area contributed by atoms with Gasteiger partial charge in [0.05, 0.1) is 7.11 Å². The van der Waals surface area contributed by atoms with E-state index >= 15 is 0 Å². The molecule has 3 rings (SSSR count). The van der Waals surface area contributed by atoms with Crippen molar-refractivity contribution in [3.63, 3.8) is 0 Å². The smallest absolute Gasteiger partial charge is 0.136 e. The number of hydrogen-bond donors (Lipinski definition) is 2. The summed E-state index contributed by atoms with van der Waals surface area (Å²) >= 11 is 0. The number of benzene rings is 2. The second-order valence-electron chi connectivity index (χ2n) is 7.46. The van der Waals surface area contributed by atoms with Crippen LogP contribution in [0.15, 0.2) is 54.6 Å². The molecule has 0 aliphatic rings. The average molecular weight is 362 g/mol. The fourth-order valence-corrected chi connectivity index (χ4v) is 2.93. The molecule has 0 saturated carbocycles. The van der Waals surface area contributed by atoms with Crippen molar-refractivity contribution in [2.45, 2.75) is 33.1 Å². The largest absolute Gasteiger partial charge is 0.497 e. The number of nitrogens with zero attached hydrogens (tertiary/aromatic N) is 2. The molecule has 0 bridgehead atoms. The second-order valence-corrected chi connectivity index (χ2v) is 7.46. The van der Waals surface area contributed by atoms with Crippen molar-refractivity contribution < 1.29 is 4.74 Å². The Hall–Kier alpha value is -3.08. The van der Waals surface area contributed by atoms with Crippen LogP contribution in [0.1, 0.15) is 32.2 Å². The third kappa shape index (κ3) is 4.76. The van der Waals surface area contributed by atoms with Crippen LogP contribution in [0.25, 0.3) is 0 Å². The van der Waals surface area contributed by atoms with Crippen LogP contribution >= 0.6 is 0 Å². The minimum atomic E-state index is 0.0351. The lowest BCUT2D eigenvalue weighted by molar-refractivity contribution is 0.415. The summed E-state index contributed by atoms with van der Waals surface area (Å²) in [7, 11) is 1.66. The zero-order valence-electron chi connectivity index (χ0n) is 16.5. The van der Waals surface area contributed by atoms with Gasteiger partial charge in [0.25, 0.3) is 0 Å². The van der Waals surface area contributed by atoms with Gasteiger partial charge in [-0.2, -0.15) is 0 Å². The van der Waals surface area contributed by atoms with Crippen LogP contribution in [0.3, 0.4) is 0 Å². The molecule has 0 radical (unpaired) electrons. The summed E-state index contributed by atoms with van der Waals surface area (Å²) in [6.07, 6.45) is 0. The molecule has 1 aromatic heterocycles. The predicted octanol–water partition coefficient (Wildman–Crippen LogP) is 5.58. The molecule has 0 spiro atoms. The highest BCUT2D eigenvalue weighted by atomic mass is 16.5. The monoisotopic (exact) mass is 362 g/mol. The van der Waals surface area contributed by atoms with Gasteiger partial charge in [0, 0.05) is 23.5 Å². The van der Waals surface area contributed by atoms with Crippen molar-refractivity contribution in [3.8, 4) is 5.75 Å². The van der Waals surface area contributed by atoms with Crippen LogP contribution in [0.4, 0.5) is 23.0 Å². The first-order valence-electron chi connectivity index (χ1n) is 8.98. The van der Waals surface area contributed by atoms with Gasteiger partial charge in [-0.25, -0.2) is 9.97 Å². The van der Waals surface area contributed by atoms with Crippen molar-refractivity contribution in [2.24, 2.45) is 0 Å². The average Bonchev–Trinajstić information content (AvgIpc) is 2.61. The van der Waals surface area contributed by atoms with E-state index in [-0.39, 0.29) is 5.41 Å². The quantitative estimate of drug-likeness (QED) is 0.620. The van der Waals surface area contributed by atoms with Crippen molar-refractivity contribution >= 4 is 23.0 Å². The lowest BCUT2D eigenvalue weighted by Gasteiger charge is -2.23. The number of nitrogens with one attached hydrogen (secondary N) is 2. The van der Waals surface area contributed by atoms with Crippen LogP contribution in [0, 0.1) is 6.92 Å². The number of para-hydroxylation sites is 1. The highest BCUT2D eigenvalue weighted by Gasteiger charge is 2.17. The van der Waals surface area contributed by atoms with Crippen LogP contribution < -0.4 is 15.4 Å². The molecule has 2 N–H and O–H groups in total. The molecule has 2 aromatic carbocycles. The summed E-state index contributed by atoms with van der Waals surface area (Å²) in [6, 6.07) is 18.0. The second kappa shape index (κ2) is 7.66. The zero-order valence-corrected chi connectivity index (χ0v) is 16.5. The van der Waals surface area contributed by atoms with Crippen molar-refractivity contribution in [3.05, 3.63) is 66.0 Å². The Bertz CT molecular complexity index is 932. The van der Waals surface area contributed by atoms with Crippen molar-refractivity contribution in [2.75, 3.05) is 17.7 Å². The number of ether oxygens (including phenoxy) is 1. The van der Waals surface area contributed by atoms with Crippen molar-refractivity contribution in [1.29, 1.82) is 0 Å². The number of hydrogen-bond acceptors (Lipinski definition) is 5. The Kier molecular flexibility index (Phi) is 5.31. The molecule has 0 fully saturated rings. The Morgan fingerprint density at radius 3 is 2.26 bits per heavy atom. The summed E-state index contributed by atoms with van der Waals surface area (Å²) in [6.45, 7) is 8.50. The molecule has 5 nitrogen and oxygen atoms in total. The van der Waals surface area contributed by atoms with Gasteiger partial charge in [0.2, 0.25) is 0 Å². The molecule has 5 heteroatoms. The standard InChI is InChI=1S/C22H26N4O/c1-15-23-20(25-16-9-8-10-17(13-16)27-5)14-21(24-15)26-19-12-7-6-11-18(19)22(2,3)4/h6-14H,1-5H3,(H2,23,24,25,26). The van der Waals surface area contributed by atoms with Gasteiger partial charge < -0.3 is 15.4 Å². The fourth-order valence-electron chi connectivity index (χ4n) is 2.93. The molecule has 3 aromatic rings. The van der Waals surface area contributed by atoms with Crippen LogP contribution in [0.5, 0.6) is 5.75 Å². The topological polar surface area (TPSA) is 59.1 Å². The number of aryl methyl sites for hydroxylation is 1. The van der Waals surface area contributed by atoms with E-state index in [9.17, 15) is 0 Å². The molecule has 0 atom stereocenters. The first kappa shape index (κ1) is 18.7. The first-order valence-corrected chi connectivity index (χ1v) is 8.98. The van der Waals surface area contributed by atoms with Crippen LogP contribution in [-0.2, 0) is 5.41 Å². The van der Waals surface area contributed by atoms with Crippen molar-refractivity contribution in [1.82, 2.24) is 9.97 Å². The van der Waals surface area contributed by atoms with Gasteiger partial charge in [-0.15, -0.1) is 0 Å². The van der Waals surface area contributed by atoms with Gasteiger partial charge in [-0.05, 0) is 36.1 Å². The van der Waals surface area contributed by atoms with E-state index in [4.69, 9.17) is 4.74 Å². The van der Waals surface area contributed by atoms with E-state index in [0.29, 0.717) is 5.82 Å². The molecule has 1 heterocycles. The Balaban J connectivity index is 1.88. The van der Waals surface area contributed by atoms with Crippen LogP contribution in [0.2, 0.25) is 0 Å². The minimum absolute atomic E-state index is 0.0351. The molecule has 140 valence electrons. The molecule has 27 heavy (non-hydrogen) atoms. The first-order chi connectivity index (χ1) is 12.8. The molecule has 0 amide bonds. The van der Waals surface area contributed by atoms with E-state index in [0.717, 1.165) is 28.8 Å². The summed E-state index contributed by atoms with van der Waals surface area (Å²) in [5.41, 5.74) is 3.24. The number of rotatable bonds is 5. The minimum Gasteiger partial charge on any atom is -0.497 e. The van der Waals surface area contributed by atoms with Gasteiger partial charge in [-0.1, -0.05) is 45.0 Å². The molecule has 0 saturated heterocycles. The molecular weight excluding hydrogens is 336 g/mol. The predicted molar refractivity (Wildman–Crippen MR) is 111 cm³/mol. The Morgan fingerprint density at radius 1 is 0.852 bits per heavy atom. The Morgan fingerprint density at radius 2 is 1.56 bits per heavy atom. The van der Waals surface area contributed by atoms with Crippen LogP contribution in [-0.4, -0.2) is 17.1 Å². The highest BCUT2D eigenvalue weighted by Crippen LogP contribution is 2.31. The van der Waals surface area contributed by atoms with Gasteiger partial charge in [0.15, 0.2) is 0 Å². The maximum absolute atomic E-state index is 5.28. The van der Waals surface area contributed by atoms with E-state index in [1.165, 1.54) is 5.56 Å². The maximum Gasteiger partial charge on any atom is 0.136 e. The van der Waals surface area contributed by atoms with Gasteiger partial charge in [-0.3, -0.25) is 0 Å². The zero-order chi connectivity index (χ0) is 19.4. The highest BCUT2D eigenvalue weighted by molar-refractivity contribution is 5.66. The molecule has 0 aliphatic heterocycles. The molecule has 0 unspecified atom stereocenters. The SMILES string of the molecule is COc1cccc(Nc2cc(Nc3ccccc3C(C)(C)C)nc(C)n2)c1. The normalized spacial score (nSPS) is 11.1. The fraction of sp³-hybridized carbons (Fsp3) is 0.273. The van der Waals surface area contributed by atoms with E-state index < -0.39 is 0 Å². The van der Waals surface area contributed by atoms with E-state index in [2.05, 4.69) is 59.6 Å². The lowest BCUT2D eigenvalue weighted by Crippen LogP contribution is -2.14. The van der Waals surface area contributed by atoms with E-state index in [1.54, 1.807) is 7.11 Å². The molecule has 0 aliphatic carbocycles. The van der Waals surface area contributed by atoms with Gasteiger partial charge >= 0.3 is 0 Å². The summed E-state index contributed by atoms with van der Waals surface area (Å²) < 4.78 is 5.28. The summed E-state index contributed by atoms with van der Waals surface area (Å²) in [4.78, 5) is 9.04. The number of methoxy groups -OCH3 is 1.